The van der Waals surface area contributed by atoms with Crippen LogP contribution < -0.4 is 10.6 Å². The molecule has 37 heavy (non-hydrogen) atoms. The first kappa shape index (κ1) is 23.8. The molecule has 1 aromatic heterocycles. The Bertz CT molecular complexity index is 1290. The fourth-order valence-electron chi connectivity index (χ4n) is 5.03. The maximum atomic E-state index is 12.8. The Morgan fingerprint density at radius 3 is 2.68 bits per heavy atom. The topological polar surface area (TPSA) is 110 Å². The first-order valence-electron chi connectivity index (χ1n) is 13.0. The van der Waals surface area contributed by atoms with Gasteiger partial charge in [-0.3, -0.25) is 14.5 Å². The van der Waals surface area contributed by atoms with E-state index in [-0.39, 0.29) is 24.0 Å². The lowest BCUT2D eigenvalue weighted by molar-refractivity contribution is -0.122. The summed E-state index contributed by atoms with van der Waals surface area (Å²) < 4.78 is 11.8. The molecule has 6 rings (SSSR count). The van der Waals surface area contributed by atoms with E-state index in [2.05, 4.69) is 31.7 Å². The Hall–Kier alpha value is -3.56. The number of nitrogens with one attached hydrogen (secondary N) is 2. The lowest BCUT2D eigenvalue weighted by Crippen LogP contribution is -2.44. The number of aromatic nitrogens is 2. The SMILES string of the molecule is O=C1CCCNC(=O)c2cccc(c2)-c2cccc(c2)CO[C@H]2CN(Cc3noc(C4CC4)n3)C[C@@H]2N1. The molecular formula is C28H31N5O4. The van der Waals surface area contributed by atoms with Crippen molar-refractivity contribution in [3.05, 3.63) is 71.4 Å². The van der Waals surface area contributed by atoms with Crippen molar-refractivity contribution in [2.75, 3.05) is 19.6 Å². The number of likely N-dealkylation sites (tertiary alicyclic amines) is 1. The quantitative estimate of drug-likeness (QED) is 0.568. The molecule has 0 unspecified atom stereocenters. The van der Waals surface area contributed by atoms with Gasteiger partial charge >= 0.3 is 0 Å². The van der Waals surface area contributed by atoms with E-state index >= 15 is 0 Å². The van der Waals surface area contributed by atoms with Crippen molar-refractivity contribution in [2.45, 2.75) is 56.9 Å². The smallest absolute Gasteiger partial charge is 0.251 e. The molecule has 0 radical (unpaired) electrons. The van der Waals surface area contributed by atoms with Crippen LogP contribution in [0.1, 0.15) is 59.2 Å². The molecule has 192 valence electrons. The highest BCUT2D eigenvalue weighted by Crippen LogP contribution is 2.39. The Morgan fingerprint density at radius 1 is 1.00 bits per heavy atom. The maximum absolute atomic E-state index is 12.8. The Kier molecular flexibility index (Phi) is 6.72. The van der Waals surface area contributed by atoms with Gasteiger partial charge in [-0.2, -0.15) is 4.98 Å². The number of benzene rings is 2. The second kappa shape index (κ2) is 10.4. The molecule has 3 aliphatic rings. The van der Waals surface area contributed by atoms with Crippen molar-refractivity contribution >= 4 is 11.8 Å². The molecule has 4 bridgehead atoms. The molecule has 2 atom stereocenters. The molecule has 0 spiro atoms. The zero-order chi connectivity index (χ0) is 25.2. The van der Waals surface area contributed by atoms with Crippen molar-refractivity contribution in [1.29, 1.82) is 0 Å². The molecule has 2 aliphatic heterocycles. The fraction of sp³-hybridized carbons (Fsp3) is 0.429. The second-order valence-corrected chi connectivity index (χ2v) is 10.2. The van der Waals surface area contributed by atoms with Crippen molar-refractivity contribution in [3.8, 4) is 11.1 Å². The maximum Gasteiger partial charge on any atom is 0.251 e. The third-order valence-electron chi connectivity index (χ3n) is 7.18. The van der Waals surface area contributed by atoms with E-state index in [1.165, 1.54) is 0 Å². The van der Waals surface area contributed by atoms with Gasteiger partial charge < -0.3 is 19.9 Å². The Labute approximate surface area is 215 Å². The fourth-order valence-corrected chi connectivity index (χ4v) is 5.03. The van der Waals surface area contributed by atoms with Crippen LogP contribution in [-0.4, -0.2) is 58.6 Å². The van der Waals surface area contributed by atoms with E-state index in [0.29, 0.717) is 62.9 Å². The van der Waals surface area contributed by atoms with Gasteiger partial charge in [-0.05, 0) is 54.2 Å². The first-order chi connectivity index (χ1) is 18.1. The Morgan fingerprint density at radius 2 is 1.81 bits per heavy atom. The predicted molar refractivity (Wildman–Crippen MR) is 136 cm³/mol. The molecule has 2 fully saturated rings. The van der Waals surface area contributed by atoms with Crippen LogP contribution in [0.2, 0.25) is 0 Å². The van der Waals surface area contributed by atoms with Crippen molar-refractivity contribution in [1.82, 2.24) is 25.7 Å². The third kappa shape index (κ3) is 5.73. The highest BCUT2D eigenvalue weighted by atomic mass is 16.5. The van der Waals surface area contributed by atoms with Crippen LogP contribution in [0.3, 0.4) is 0 Å². The summed E-state index contributed by atoms with van der Waals surface area (Å²) in [5.74, 6) is 1.65. The van der Waals surface area contributed by atoms with Crippen molar-refractivity contribution in [3.63, 3.8) is 0 Å². The molecule has 2 N–H and O–H groups in total. The normalized spacial score (nSPS) is 23.1. The van der Waals surface area contributed by atoms with Gasteiger partial charge in [0.1, 0.15) is 0 Å². The molecule has 1 saturated heterocycles. The lowest BCUT2D eigenvalue weighted by Gasteiger charge is -2.20. The molecule has 1 aliphatic carbocycles. The van der Waals surface area contributed by atoms with E-state index in [9.17, 15) is 9.59 Å². The van der Waals surface area contributed by atoms with Gasteiger partial charge in [0, 0.05) is 37.5 Å². The molecule has 9 heteroatoms. The van der Waals surface area contributed by atoms with Gasteiger partial charge in [0.25, 0.3) is 5.91 Å². The summed E-state index contributed by atoms with van der Waals surface area (Å²) in [6.45, 7) is 2.72. The van der Waals surface area contributed by atoms with Gasteiger partial charge in [-0.15, -0.1) is 0 Å². The monoisotopic (exact) mass is 501 g/mol. The number of carbonyl (C=O) groups is 2. The summed E-state index contributed by atoms with van der Waals surface area (Å²) in [7, 11) is 0. The van der Waals surface area contributed by atoms with E-state index in [1.807, 2.05) is 36.4 Å². The summed E-state index contributed by atoms with van der Waals surface area (Å²) in [5, 5.41) is 10.3. The average Bonchev–Trinajstić information content (AvgIpc) is 3.55. The van der Waals surface area contributed by atoms with Crippen LogP contribution in [0.5, 0.6) is 0 Å². The van der Waals surface area contributed by atoms with Crippen molar-refractivity contribution < 1.29 is 18.8 Å². The molecule has 2 amide bonds. The number of rotatable bonds is 3. The predicted octanol–water partition coefficient (Wildman–Crippen LogP) is 3.02. The largest absolute Gasteiger partial charge is 0.370 e. The van der Waals surface area contributed by atoms with E-state index < -0.39 is 0 Å². The number of amides is 2. The number of carbonyl (C=O) groups excluding carboxylic acids is 2. The van der Waals surface area contributed by atoms with E-state index in [1.54, 1.807) is 6.07 Å². The zero-order valence-electron chi connectivity index (χ0n) is 20.7. The number of hydrogen-bond acceptors (Lipinski definition) is 7. The van der Waals surface area contributed by atoms with Gasteiger partial charge in [-0.25, -0.2) is 0 Å². The summed E-state index contributed by atoms with van der Waals surface area (Å²) >= 11 is 0. The highest BCUT2D eigenvalue weighted by Gasteiger charge is 2.36. The number of fused-ring (bicyclic) bond motifs is 6. The molecule has 3 heterocycles. The summed E-state index contributed by atoms with van der Waals surface area (Å²) in [4.78, 5) is 32.2. The van der Waals surface area contributed by atoms with Crippen LogP contribution in [-0.2, 0) is 22.7 Å². The van der Waals surface area contributed by atoms with Gasteiger partial charge in [0.15, 0.2) is 5.82 Å². The highest BCUT2D eigenvalue weighted by molar-refractivity contribution is 5.95. The molecule has 1 saturated carbocycles. The number of hydrogen-bond donors (Lipinski definition) is 2. The van der Waals surface area contributed by atoms with E-state index in [0.717, 1.165) is 35.4 Å². The molecule has 2 aromatic carbocycles. The van der Waals surface area contributed by atoms with Crippen LogP contribution in [0, 0.1) is 0 Å². The van der Waals surface area contributed by atoms with Crippen LogP contribution in [0.15, 0.2) is 53.1 Å². The molecule has 3 aromatic rings. The average molecular weight is 502 g/mol. The van der Waals surface area contributed by atoms with Gasteiger partial charge in [-0.1, -0.05) is 35.5 Å². The summed E-state index contributed by atoms with van der Waals surface area (Å²) in [5.41, 5.74) is 3.65. The first-order valence-corrected chi connectivity index (χ1v) is 13.0. The minimum atomic E-state index is -0.166. The lowest BCUT2D eigenvalue weighted by atomic mass is 10.0. The molecular weight excluding hydrogens is 470 g/mol. The number of nitrogens with zero attached hydrogens (tertiary/aromatic N) is 3. The standard InChI is InChI=1S/C28H31N5O4/c34-26-8-3-11-29-27(35)22-7-2-6-21(13-22)20-5-1-4-18(12-20)17-36-24-15-33(14-23(24)30-26)16-25-31-28(37-32-25)19-9-10-19/h1-2,4-7,12-13,19,23-24H,3,8-11,14-17H2,(H,29,35)(H,30,34)/t23-,24-/m0/s1. The summed E-state index contributed by atoms with van der Waals surface area (Å²) in [6, 6.07) is 15.6. The van der Waals surface area contributed by atoms with Crippen molar-refractivity contribution in [2.24, 2.45) is 0 Å². The summed E-state index contributed by atoms with van der Waals surface area (Å²) in [6.07, 6.45) is 2.96. The zero-order valence-corrected chi connectivity index (χ0v) is 20.7. The van der Waals surface area contributed by atoms with Crippen LogP contribution >= 0.6 is 0 Å². The third-order valence-corrected chi connectivity index (χ3v) is 7.18. The number of ether oxygens (including phenoxy) is 1. The van der Waals surface area contributed by atoms with Gasteiger partial charge in [0.2, 0.25) is 11.8 Å². The minimum absolute atomic E-state index is 0.0430. The van der Waals surface area contributed by atoms with Crippen LogP contribution in [0.25, 0.3) is 11.1 Å². The van der Waals surface area contributed by atoms with E-state index in [4.69, 9.17) is 9.26 Å². The Balaban J connectivity index is 1.20. The van der Waals surface area contributed by atoms with Gasteiger partial charge in [0.05, 0.1) is 25.3 Å². The minimum Gasteiger partial charge on any atom is -0.370 e. The second-order valence-electron chi connectivity index (χ2n) is 10.2. The van der Waals surface area contributed by atoms with Crippen LogP contribution in [0.4, 0.5) is 0 Å². The molecule has 9 nitrogen and oxygen atoms in total.